The Morgan fingerprint density at radius 3 is 2.77 bits per heavy atom. The van der Waals surface area contributed by atoms with Gasteiger partial charge in [-0.1, -0.05) is 0 Å². The van der Waals surface area contributed by atoms with Crippen molar-refractivity contribution in [2.45, 2.75) is 30.6 Å². The van der Waals surface area contributed by atoms with Gasteiger partial charge >= 0.3 is 17.8 Å². The third-order valence-electron chi connectivity index (χ3n) is 3.79. The zero-order valence-corrected chi connectivity index (χ0v) is 13.2. The van der Waals surface area contributed by atoms with Crippen molar-refractivity contribution in [3.05, 3.63) is 22.7 Å². The van der Waals surface area contributed by atoms with E-state index in [0.29, 0.717) is 0 Å². The number of hydrogen-bond acceptors (Lipinski definition) is 12. The van der Waals surface area contributed by atoms with Crippen molar-refractivity contribution in [2.24, 2.45) is 5.73 Å². The first-order valence-corrected chi connectivity index (χ1v) is 7.50. The summed E-state index contributed by atoms with van der Waals surface area (Å²) in [4.78, 5) is 43.1. The third-order valence-corrected chi connectivity index (χ3v) is 3.79. The van der Waals surface area contributed by atoms with E-state index in [9.17, 15) is 19.5 Å². The SMILES string of the molecule is N[C@H](CO)C(=O)ONc1ccn([C@@H]2O[C@H](CO)[C@H]3OC(=O)O[C@H]32)c(=O)n1. The van der Waals surface area contributed by atoms with Gasteiger partial charge in [0.15, 0.2) is 24.3 Å². The molecule has 1 aromatic heterocycles. The van der Waals surface area contributed by atoms with Crippen LogP contribution in [-0.4, -0.2) is 69.5 Å². The predicted molar refractivity (Wildman–Crippen MR) is 79.4 cm³/mol. The molecule has 0 aliphatic carbocycles. The van der Waals surface area contributed by atoms with Crippen molar-refractivity contribution in [3.8, 4) is 0 Å². The van der Waals surface area contributed by atoms with E-state index in [1.807, 2.05) is 0 Å². The number of carbonyl (C=O) groups excluding carboxylic acids is 2. The number of nitrogens with two attached hydrogens (primary N) is 1. The molecule has 0 amide bonds. The number of anilines is 1. The Labute approximate surface area is 145 Å². The summed E-state index contributed by atoms with van der Waals surface area (Å²) in [6, 6.07) is 0.0562. The van der Waals surface area contributed by atoms with Gasteiger partial charge in [-0.25, -0.2) is 19.9 Å². The minimum Gasteiger partial charge on any atom is -0.424 e. The van der Waals surface area contributed by atoms with Gasteiger partial charge in [0.25, 0.3) is 0 Å². The van der Waals surface area contributed by atoms with Crippen LogP contribution in [0.25, 0.3) is 0 Å². The number of fused-ring (bicyclic) bond motifs is 1. The Morgan fingerprint density at radius 1 is 1.38 bits per heavy atom. The predicted octanol–water partition coefficient (Wildman–Crippen LogP) is -2.77. The molecule has 13 nitrogen and oxygen atoms in total. The van der Waals surface area contributed by atoms with E-state index in [1.54, 1.807) is 0 Å². The monoisotopic (exact) mass is 372 g/mol. The van der Waals surface area contributed by atoms with Gasteiger partial charge in [0.2, 0.25) is 0 Å². The molecule has 3 heterocycles. The molecule has 13 heteroatoms. The number of aliphatic hydroxyl groups excluding tert-OH is 2. The lowest BCUT2D eigenvalue weighted by molar-refractivity contribution is -0.143. The molecule has 1 aromatic rings. The summed E-state index contributed by atoms with van der Waals surface area (Å²) >= 11 is 0. The molecule has 3 rings (SSSR count). The fourth-order valence-corrected chi connectivity index (χ4v) is 2.51. The van der Waals surface area contributed by atoms with Crippen LogP contribution in [0, 0.1) is 0 Å². The van der Waals surface area contributed by atoms with Crippen molar-refractivity contribution in [1.82, 2.24) is 9.55 Å². The lowest BCUT2D eigenvalue weighted by atomic mass is 10.1. The third kappa shape index (κ3) is 3.32. The standard InChI is InChI=1S/C13H16N4O9/c14-5(3-18)11(20)26-16-7-1-2-17(12(21)15-7)10-9-8(6(4-19)23-10)24-13(22)25-9/h1-2,5-6,8-10,18-19H,3-4,14H2,(H,15,16,21)/t5-,6-,8-,9-,10-/m1/s1. The highest BCUT2D eigenvalue weighted by Gasteiger charge is 2.55. The van der Waals surface area contributed by atoms with E-state index < -0.39 is 61.6 Å². The number of aromatic nitrogens is 2. The van der Waals surface area contributed by atoms with E-state index in [0.717, 1.165) is 4.57 Å². The van der Waals surface area contributed by atoms with Gasteiger partial charge in [-0.2, -0.15) is 4.98 Å². The van der Waals surface area contributed by atoms with Crippen molar-refractivity contribution in [3.63, 3.8) is 0 Å². The molecule has 0 unspecified atom stereocenters. The summed E-state index contributed by atoms with van der Waals surface area (Å²) in [7, 11) is 0. The molecule has 142 valence electrons. The quantitative estimate of drug-likeness (QED) is 0.298. The molecule has 5 N–H and O–H groups in total. The fourth-order valence-electron chi connectivity index (χ4n) is 2.51. The second-order valence-corrected chi connectivity index (χ2v) is 5.48. The van der Waals surface area contributed by atoms with Gasteiger partial charge in [-0.3, -0.25) is 4.57 Å². The van der Waals surface area contributed by atoms with E-state index in [-0.39, 0.29) is 5.82 Å². The zero-order valence-electron chi connectivity index (χ0n) is 13.2. The van der Waals surface area contributed by atoms with Crippen molar-refractivity contribution in [1.29, 1.82) is 0 Å². The first kappa shape index (κ1) is 18.1. The van der Waals surface area contributed by atoms with Crippen LogP contribution in [0.15, 0.2) is 17.1 Å². The number of rotatable bonds is 6. The molecular formula is C13H16N4O9. The maximum atomic E-state index is 12.2. The van der Waals surface area contributed by atoms with Gasteiger partial charge in [0.1, 0.15) is 12.1 Å². The van der Waals surface area contributed by atoms with E-state index >= 15 is 0 Å². The first-order chi connectivity index (χ1) is 12.4. The lowest BCUT2D eigenvalue weighted by Gasteiger charge is -2.18. The van der Waals surface area contributed by atoms with E-state index in [4.69, 9.17) is 25.1 Å². The van der Waals surface area contributed by atoms with Crippen molar-refractivity contribution >= 4 is 17.9 Å². The van der Waals surface area contributed by atoms with Crippen LogP contribution in [0.4, 0.5) is 10.6 Å². The zero-order chi connectivity index (χ0) is 18.8. The maximum Gasteiger partial charge on any atom is 0.509 e. The molecule has 0 aromatic carbocycles. The number of nitrogens with zero attached hydrogens (tertiary/aromatic N) is 2. The molecule has 5 atom stereocenters. The lowest BCUT2D eigenvalue weighted by Crippen LogP contribution is -2.37. The topological polar surface area (TPSA) is 184 Å². The number of carbonyl (C=O) groups is 2. The highest BCUT2D eigenvalue weighted by molar-refractivity contribution is 5.76. The Bertz CT molecular complexity index is 753. The summed E-state index contributed by atoms with van der Waals surface area (Å²) in [5, 5.41) is 18.0. The molecule has 0 spiro atoms. The second kappa shape index (κ2) is 7.25. The van der Waals surface area contributed by atoms with Crippen LogP contribution in [0.5, 0.6) is 0 Å². The minimum absolute atomic E-state index is 0.0994. The van der Waals surface area contributed by atoms with E-state index in [2.05, 4.69) is 15.3 Å². The molecule has 0 radical (unpaired) electrons. The van der Waals surface area contributed by atoms with Gasteiger partial charge in [0, 0.05) is 12.3 Å². The summed E-state index contributed by atoms with van der Waals surface area (Å²) in [5.74, 6) is -1.04. The van der Waals surface area contributed by atoms with Crippen LogP contribution >= 0.6 is 0 Å². The van der Waals surface area contributed by atoms with Crippen molar-refractivity contribution < 1.29 is 38.9 Å². The van der Waals surface area contributed by atoms with Gasteiger partial charge in [-0.05, 0) is 0 Å². The summed E-state index contributed by atoms with van der Waals surface area (Å²) in [5.41, 5.74) is 6.60. The van der Waals surface area contributed by atoms with Gasteiger partial charge in [-0.15, -0.1) is 0 Å². The highest BCUT2D eigenvalue weighted by atomic mass is 16.8. The number of hydrogen-bond donors (Lipinski definition) is 4. The Balaban J connectivity index is 1.73. The Morgan fingerprint density at radius 2 is 2.12 bits per heavy atom. The second-order valence-electron chi connectivity index (χ2n) is 5.48. The fraction of sp³-hybridized carbons (Fsp3) is 0.538. The van der Waals surface area contributed by atoms with Crippen LogP contribution in [0.2, 0.25) is 0 Å². The minimum atomic E-state index is -1.24. The summed E-state index contributed by atoms with van der Waals surface area (Å²) in [6.07, 6.45) is -3.30. The normalized spacial score (nSPS) is 28.0. The molecule has 2 saturated heterocycles. The summed E-state index contributed by atoms with van der Waals surface area (Å²) in [6.45, 7) is -1.04. The van der Waals surface area contributed by atoms with Crippen LogP contribution in [0.3, 0.4) is 0 Å². The average molecular weight is 372 g/mol. The van der Waals surface area contributed by atoms with Gasteiger partial charge < -0.3 is 35.0 Å². The molecule has 0 bridgehead atoms. The molecule has 2 fully saturated rings. The Hall–Kier alpha value is -2.74. The average Bonchev–Trinajstić information content (AvgIpc) is 3.16. The van der Waals surface area contributed by atoms with Crippen LogP contribution in [-0.2, 0) is 23.8 Å². The maximum absolute atomic E-state index is 12.2. The molecular weight excluding hydrogens is 356 g/mol. The largest absolute Gasteiger partial charge is 0.509 e. The summed E-state index contributed by atoms with van der Waals surface area (Å²) < 4.78 is 16.4. The molecule has 26 heavy (non-hydrogen) atoms. The smallest absolute Gasteiger partial charge is 0.424 e. The van der Waals surface area contributed by atoms with Crippen LogP contribution in [0.1, 0.15) is 6.23 Å². The number of ether oxygens (including phenoxy) is 3. The van der Waals surface area contributed by atoms with Crippen LogP contribution < -0.4 is 16.9 Å². The van der Waals surface area contributed by atoms with Gasteiger partial charge in [0.05, 0.1) is 13.2 Å². The van der Waals surface area contributed by atoms with Crippen molar-refractivity contribution in [2.75, 3.05) is 18.7 Å². The van der Waals surface area contributed by atoms with E-state index in [1.165, 1.54) is 12.3 Å². The number of aliphatic hydroxyl groups is 2. The highest BCUT2D eigenvalue weighted by Crippen LogP contribution is 2.36. The Kier molecular flexibility index (Phi) is 5.03. The molecule has 2 aliphatic rings. The molecule has 0 saturated carbocycles. The number of nitrogens with one attached hydrogen (secondary N) is 1. The first-order valence-electron chi connectivity index (χ1n) is 7.50. The molecule has 2 aliphatic heterocycles.